The highest BCUT2D eigenvalue weighted by atomic mass is 28.4. The summed E-state index contributed by atoms with van der Waals surface area (Å²) in [4.78, 5) is 24.5. The van der Waals surface area contributed by atoms with Crippen LogP contribution in [0.3, 0.4) is 0 Å². The third-order valence-corrected chi connectivity index (χ3v) is 25.5. The highest BCUT2D eigenvalue weighted by Gasteiger charge is 2.48. The largest absolute Gasteiger partial charge is 0.497 e. The summed E-state index contributed by atoms with van der Waals surface area (Å²) in [6.45, 7) is 34.4. The van der Waals surface area contributed by atoms with Gasteiger partial charge in [-0.15, -0.1) is 0 Å². The summed E-state index contributed by atoms with van der Waals surface area (Å²) in [5.74, 6) is -0.727. The van der Waals surface area contributed by atoms with Gasteiger partial charge in [-0.05, 0) is 96.9 Å². The number of carboxylic acid groups (broad SMARTS) is 1. The molecule has 2 rings (SSSR count). The second kappa shape index (κ2) is 28.0. The molecule has 1 aromatic rings. The number of hydrogen-bond donors (Lipinski definition) is 1. The molecular weight excluding hydrogens is 833 g/mol. The second-order valence-electron chi connectivity index (χ2n) is 19.9. The molecule has 360 valence electrons. The molecule has 1 aliphatic rings. The average molecular weight is 921 g/mol. The normalized spacial score (nSPS) is 23.7. The van der Waals surface area contributed by atoms with Gasteiger partial charge in [-0.25, -0.2) is 9.59 Å². The predicted molar refractivity (Wildman–Crippen MR) is 272 cm³/mol. The highest BCUT2D eigenvalue weighted by molar-refractivity contribution is 6.78. The fraction of sp³-hybridized carbons (Fsp3) is 0.630. The first-order chi connectivity index (χ1) is 30.1. The van der Waals surface area contributed by atoms with Crippen LogP contribution in [0.2, 0.25) is 33.2 Å². The Labute approximate surface area is 391 Å². The molecule has 0 bridgehead atoms. The molecule has 0 saturated heterocycles. The van der Waals surface area contributed by atoms with Gasteiger partial charge in [0, 0.05) is 24.5 Å². The first-order valence-corrected chi connectivity index (χ1v) is 28.5. The van der Waals surface area contributed by atoms with E-state index >= 15 is 0 Å². The molecule has 1 heterocycles. The van der Waals surface area contributed by atoms with Crippen molar-refractivity contribution in [3.05, 3.63) is 102 Å². The third-order valence-electron chi connectivity index (χ3n) is 13.3. The van der Waals surface area contributed by atoms with Gasteiger partial charge in [-0.1, -0.05) is 162 Å². The Kier molecular flexibility index (Phi) is 24.9. The van der Waals surface area contributed by atoms with E-state index in [0.29, 0.717) is 52.7 Å². The van der Waals surface area contributed by atoms with Crippen LogP contribution in [0.1, 0.15) is 148 Å². The smallest absolute Gasteiger partial charge is 0.330 e. The van der Waals surface area contributed by atoms with Crippen molar-refractivity contribution < 1.29 is 37.8 Å². The maximum atomic E-state index is 13.3. The van der Waals surface area contributed by atoms with E-state index in [-0.39, 0.29) is 30.2 Å². The molecule has 0 spiro atoms. The number of carbonyl (C=O) groups excluding carboxylic acids is 1. The Balaban J connectivity index is 2.82. The van der Waals surface area contributed by atoms with Crippen LogP contribution < -0.4 is 4.74 Å². The fourth-order valence-corrected chi connectivity index (χ4v) is 21.2. The lowest BCUT2D eigenvalue weighted by Crippen LogP contribution is -2.52. The number of allylic oxidation sites excluding steroid dienone is 6. The van der Waals surface area contributed by atoms with Crippen molar-refractivity contribution >= 4 is 28.6 Å². The van der Waals surface area contributed by atoms with E-state index < -0.39 is 28.7 Å². The van der Waals surface area contributed by atoms with E-state index in [1.54, 1.807) is 19.3 Å². The van der Waals surface area contributed by atoms with E-state index in [2.05, 4.69) is 133 Å². The molecule has 5 atom stereocenters. The van der Waals surface area contributed by atoms with Gasteiger partial charge in [0.05, 0.1) is 32.0 Å². The Morgan fingerprint density at radius 3 is 1.92 bits per heavy atom. The van der Waals surface area contributed by atoms with E-state index in [1.807, 2.05) is 38.1 Å². The van der Waals surface area contributed by atoms with Crippen molar-refractivity contribution in [1.29, 1.82) is 0 Å². The number of cyclic esters (lactones) is 1. The number of aliphatic carboxylic acids is 1. The monoisotopic (exact) mass is 921 g/mol. The molecule has 0 fully saturated rings. The summed E-state index contributed by atoms with van der Waals surface area (Å²) in [7, 11) is -3.00. The molecular formula is C54H88O8Si2. The lowest BCUT2D eigenvalue weighted by Gasteiger charge is -2.46. The molecule has 0 saturated carbocycles. The second-order valence-corrected chi connectivity index (χ2v) is 30.7. The quantitative estimate of drug-likeness (QED) is 0.0511. The van der Waals surface area contributed by atoms with Crippen molar-refractivity contribution in [3.8, 4) is 5.75 Å². The van der Waals surface area contributed by atoms with Gasteiger partial charge in [-0.3, -0.25) is 0 Å². The van der Waals surface area contributed by atoms with Crippen molar-refractivity contribution in [3.63, 3.8) is 0 Å². The lowest BCUT2D eigenvalue weighted by atomic mass is 9.95. The van der Waals surface area contributed by atoms with Crippen LogP contribution >= 0.6 is 0 Å². The summed E-state index contributed by atoms with van der Waals surface area (Å²) in [6.07, 6.45) is 22.4. The summed E-state index contributed by atoms with van der Waals surface area (Å²) < 4.78 is 33.9. The summed E-state index contributed by atoms with van der Waals surface area (Å²) in [5.41, 5.74) is 5.34. The summed E-state index contributed by atoms with van der Waals surface area (Å²) >= 11 is 0. The van der Waals surface area contributed by atoms with Crippen molar-refractivity contribution in [1.82, 2.24) is 0 Å². The van der Waals surface area contributed by atoms with Crippen LogP contribution in [0.5, 0.6) is 5.75 Å². The number of ether oxygens (including phenoxy) is 3. The molecule has 0 amide bonds. The predicted octanol–water partition coefficient (Wildman–Crippen LogP) is 14.8. The van der Waals surface area contributed by atoms with Crippen LogP contribution in [0.4, 0.5) is 0 Å². The molecule has 64 heavy (non-hydrogen) atoms. The zero-order valence-corrected chi connectivity index (χ0v) is 44.7. The molecule has 0 unspecified atom stereocenters. The van der Waals surface area contributed by atoms with E-state index in [4.69, 9.17) is 28.2 Å². The number of carbonyl (C=O) groups is 2. The Morgan fingerprint density at radius 1 is 0.797 bits per heavy atom. The number of carboxylic acids is 1. The maximum absolute atomic E-state index is 13.3. The molecule has 0 radical (unpaired) electrons. The van der Waals surface area contributed by atoms with Crippen LogP contribution in [-0.2, 0) is 34.5 Å². The third kappa shape index (κ3) is 17.5. The Morgan fingerprint density at radius 2 is 1.38 bits per heavy atom. The number of esters is 1. The van der Waals surface area contributed by atoms with Gasteiger partial charge in [-0.2, -0.15) is 0 Å². The van der Waals surface area contributed by atoms with Gasteiger partial charge < -0.3 is 28.2 Å². The van der Waals surface area contributed by atoms with Gasteiger partial charge in [0.25, 0.3) is 0 Å². The first kappa shape index (κ1) is 56.8. The van der Waals surface area contributed by atoms with Crippen LogP contribution in [0, 0.1) is 5.92 Å². The minimum atomic E-state index is -2.39. The summed E-state index contributed by atoms with van der Waals surface area (Å²) in [6, 6.07) is 8.11. The number of methoxy groups -OCH3 is 1. The molecule has 8 nitrogen and oxygen atoms in total. The molecule has 1 aromatic carbocycles. The minimum absolute atomic E-state index is 0.144. The van der Waals surface area contributed by atoms with Crippen LogP contribution in [-0.4, -0.2) is 65.2 Å². The maximum Gasteiger partial charge on any atom is 0.330 e. The molecule has 1 N–H and O–H groups in total. The van der Waals surface area contributed by atoms with Crippen LogP contribution in [0.25, 0.3) is 0 Å². The van der Waals surface area contributed by atoms with E-state index in [9.17, 15) is 9.59 Å². The standard InChI is InChI=1S/C54H88O8Si2/c1-38(2)63(39(3)4,40(5)6)61-49-24-20-18-22-26-54(57)60-52(46(15)35-45(14)27-34-53(55)56)36-44(13)23-19-17-21-25-50(59-37-47-28-30-48(58-16)31-29-47)51(33-32-49)62-64(41(7)8,42(9)10)43(11)12/h17,19,22-23,26-35,38-43,46,49-52H,18,20-21,24-25,36-37H2,1-16H3,(H,55,56)/b19-17+,26-22+,33-32+,34-27+,44-23+,45-35+/t46-,49+,50+,51+,52-/m1/s1. The minimum Gasteiger partial charge on any atom is -0.497 e. The van der Waals surface area contributed by atoms with Gasteiger partial charge in [0.1, 0.15) is 11.9 Å². The fourth-order valence-electron chi connectivity index (χ4n) is 10.1. The molecule has 0 aromatic heterocycles. The first-order valence-electron chi connectivity index (χ1n) is 24.2. The van der Waals surface area contributed by atoms with Crippen LogP contribution in [0.15, 0.2) is 96.2 Å². The van der Waals surface area contributed by atoms with E-state index in [0.717, 1.165) is 54.2 Å². The zero-order valence-electron chi connectivity index (χ0n) is 42.7. The lowest BCUT2D eigenvalue weighted by molar-refractivity contribution is -0.144. The van der Waals surface area contributed by atoms with E-state index in [1.165, 1.54) is 0 Å². The SMILES string of the molecule is COc1ccc(CO[C@H]2CC/C=C/C=C(\C)C[C@H]([C@H](C)/C=C(C)/C=C/C(=O)O)OC(=O)/C=C/CCC[C@H](O[Si](C(C)C)(C(C)C)C(C)C)/C=C/[C@@H]2O[Si](C(C)C)(C(C)C)C(C)C)cc1. The summed E-state index contributed by atoms with van der Waals surface area (Å²) in [5, 5.41) is 9.16. The van der Waals surface area contributed by atoms with Gasteiger partial charge in [0.2, 0.25) is 16.6 Å². The number of hydrogen-bond acceptors (Lipinski definition) is 7. The van der Waals surface area contributed by atoms with Crippen molar-refractivity contribution in [2.24, 2.45) is 5.92 Å². The topological polar surface area (TPSA) is 101 Å². The average Bonchev–Trinajstić information content (AvgIpc) is 3.21. The van der Waals surface area contributed by atoms with Crippen molar-refractivity contribution in [2.75, 3.05) is 7.11 Å². The van der Waals surface area contributed by atoms with Gasteiger partial charge in [0.15, 0.2) is 0 Å². The number of rotatable bonds is 18. The highest BCUT2D eigenvalue weighted by Crippen LogP contribution is 2.45. The van der Waals surface area contributed by atoms with Crippen molar-refractivity contribution in [2.45, 2.75) is 207 Å². The zero-order chi connectivity index (χ0) is 48.2. The molecule has 10 heteroatoms. The molecule has 1 aliphatic heterocycles. The van der Waals surface area contributed by atoms with Gasteiger partial charge >= 0.3 is 11.9 Å². The molecule has 0 aliphatic carbocycles. The Hall–Kier alpha value is -3.29. The number of benzene rings is 1. The Bertz CT molecular complexity index is 1690.